The van der Waals surface area contributed by atoms with E-state index in [1.165, 1.54) is 23.4 Å². The van der Waals surface area contributed by atoms with Crippen LogP contribution in [0.15, 0.2) is 47.4 Å². The van der Waals surface area contributed by atoms with Crippen LogP contribution in [0, 0.1) is 5.82 Å². The van der Waals surface area contributed by atoms with E-state index in [2.05, 4.69) is 5.32 Å². The maximum absolute atomic E-state index is 14.2. The molecule has 3 rings (SSSR count). The number of nitrogens with zero attached hydrogens (tertiary/aromatic N) is 1. The molecule has 9 nitrogen and oxygen atoms in total. The molecule has 0 spiro atoms. The molecule has 1 amide bonds. The molecule has 2 aromatic carbocycles. The summed E-state index contributed by atoms with van der Waals surface area (Å²) in [6.07, 6.45) is 0. The van der Waals surface area contributed by atoms with E-state index < -0.39 is 39.9 Å². The summed E-state index contributed by atoms with van der Waals surface area (Å²) in [4.78, 5) is 35.8. The monoisotopic (exact) mass is 464 g/mol. The van der Waals surface area contributed by atoms with Crippen LogP contribution in [0.3, 0.4) is 0 Å². The fourth-order valence-electron chi connectivity index (χ4n) is 3.05. The molecule has 1 N–H and O–H groups in total. The zero-order valence-electron chi connectivity index (χ0n) is 17.2. The van der Waals surface area contributed by atoms with Gasteiger partial charge in [-0.1, -0.05) is 12.1 Å². The minimum atomic E-state index is -3.95. The van der Waals surface area contributed by atoms with Crippen molar-refractivity contribution < 1.29 is 36.7 Å². The summed E-state index contributed by atoms with van der Waals surface area (Å²) in [6, 6.07) is 9.08. The quantitative estimate of drug-likeness (QED) is 0.491. The number of hydrogen-bond donors (Lipinski definition) is 1. The number of anilines is 1. The van der Waals surface area contributed by atoms with Crippen LogP contribution in [0.5, 0.6) is 0 Å². The minimum absolute atomic E-state index is 0.140. The third kappa shape index (κ3) is 5.36. The largest absolute Gasteiger partial charge is 0.452 e. The molecule has 170 valence electrons. The lowest BCUT2D eigenvalue weighted by atomic mass is 10.1. The highest BCUT2D eigenvalue weighted by Crippen LogP contribution is 2.21. The third-order valence-corrected chi connectivity index (χ3v) is 6.58. The first-order chi connectivity index (χ1) is 15.2. The van der Waals surface area contributed by atoms with Crippen LogP contribution in [0.4, 0.5) is 10.1 Å². The first-order valence-corrected chi connectivity index (χ1v) is 11.1. The maximum atomic E-state index is 14.2. The lowest BCUT2D eigenvalue weighted by molar-refractivity contribution is -0.119. The summed E-state index contributed by atoms with van der Waals surface area (Å²) >= 11 is 0. The Labute approximate surface area is 184 Å². The van der Waals surface area contributed by atoms with Crippen LogP contribution in [-0.2, 0) is 24.3 Å². The molecule has 0 atom stereocenters. The number of Topliss-reactive ketones (excluding diaryl/α,β-unsaturated/α-hetero) is 1. The number of para-hydroxylation sites is 1. The van der Waals surface area contributed by atoms with Gasteiger partial charge in [-0.25, -0.2) is 17.6 Å². The highest BCUT2D eigenvalue weighted by Gasteiger charge is 2.28. The number of nitrogens with one attached hydrogen (secondary N) is 1. The van der Waals surface area contributed by atoms with Gasteiger partial charge in [-0.05, 0) is 37.3 Å². The Morgan fingerprint density at radius 1 is 1.09 bits per heavy atom. The minimum Gasteiger partial charge on any atom is -0.452 e. The van der Waals surface area contributed by atoms with Gasteiger partial charge in [-0.15, -0.1) is 0 Å². The molecule has 0 bridgehead atoms. The number of hydrogen-bond acceptors (Lipinski definition) is 7. The third-order valence-electron chi connectivity index (χ3n) is 4.68. The van der Waals surface area contributed by atoms with Crippen molar-refractivity contribution in [3.63, 3.8) is 0 Å². The summed E-state index contributed by atoms with van der Waals surface area (Å²) in [6.45, 7) is 1.33. The van der Waals surface area contributed by atoms with E-state index in [0.717, 1.165) is 18.2 Å². The van der Waals surface area contributed by atoms with E-state index in [9.17, 15) is 27.2 Å². The predicted octanol–water partition coefficient (Wildman–Crippen LogP) is 1.84. The fraction of sp³-hybridized carbons (Fsp3) is 0.286. The first-order valence-electron chi connectivity index (χ1n) is 9.64. The van der Waals surface area contributed by atoms with Crippen molar-refractivity contribution in [2.24, 2.45) is 0 Å². The molecule has 11 heteroatoms. The molecule has 1 fully saturated rings. The molecule has 0 saturated carbocycles. The first kappa shape index (κ1) is 23.5. The number of ketones is 1. The summed E-state index contributed by atoms with van der Waals surface area (Å²) in [5, 5.41) is 2.45. The summed E-state index contributed by atoms with van der Waals surface area (Å²) in [7, 11) is -3.95. The van der Waals surface area contributed by atoms with Crippen molar-refractivity contribution in [2.45, 2.75) is 11.8 Å². The number of carbonyl (C=O) groups excluding carboxylic acids is 3. The van der Waals surface area contributed by atoms with E-state index in [-0.39, 0.29) is 48.2 Å². The van der Waals surface area contributed by atoms with Crippen LogP contribution in [0.25, 0.3) is 0 Å². The van der Waals surface area contributed by atoms with Crippen molar-refractivity contribution in [2.75, 3.05) is 38.2 Å². The molecular weight excluding hydrogens is 443 g/mol. The van der Waals surface area contributed by atoms with Crippen molar-refractivity contribution in [1.82, 2.24) is 4.31 Å². The number of sulfonamides is 1. The average Bonchev–Trinajstić information content (AvgIpc) is 2.78. The molecule has 0 aliphatic carbocycles. The molecule has 1 heterocycles. The van der Waals surface area contributed by atoms with Gasteiger partial charge in [0.25, 0.3) is 5.91 Å². The number of esters is 1. The lowest BCUT2D eigenvalue weighted by Gasteiger charge is -2.26. The smallest absolute Gasteiger partial charge is 0.341 e. The Morgan fingerprint density at radius 2 is 1.78 bits per heavy atom. The fourth-order valence-corrected chi connectivity index (χ4v) is 4.49. The number of benzene rings is 2. The zero-order chi connectivity index (χ0) is 23.3. The molecule has 32 heavy (non-hydrogen) atoms. The Balaban J connectivity index is 1.69. The van der Waals surface area contributed by atoms with Gasteiger partial charge in [0, 0.05) is 18.7 Å². The maximum Gasteiger partial charge on any atom is 0.341 e. The van der Waals surface area contributed by atoms with Crippen molar-refractivity contribution in [3.8, 4) is 0 Å². The topological polar surface area (TPSA) is 119 Å². The summed E-state index contributed by atoms with van der Waals surface area (Å²) in [5.41, 5.74) is -0.0960. The van der Waals surface area contributed by atoms with E-state index in [1.54, 1.807) is 12.1 Å². The van der Waals surface area contributed by atoms with Crippen molar-refractivity contribution in [3.05, 3.63) is 59.4 Å². The van der Waals surface area contributed by atoms with Crippen LogP contribution < -0.4 is 5.32 Å². The predicted molar refractivity (Wildman–Crippen MR) is 111 cm³/mol. The van der Waals surface area contributed by atoms with Crippen LogP contribution in [-0.4, -0.2) is 63.3 Å². The second kappa shape index (κ2) is 9.98. The average molecular weight is 464 g/mol. The normalized spacial score (nSPS) is 14.6. The van der Waals surface area contributed by atoms with Gasteiger partial charge < -0.3 is 14.8 Å². The van der Waals surface area contributed by atoms with Gasteiger partial charge in [-0.2, -0.15) is 4.31 Å². The van der Waals surface area contributed by atoms with Crippen LogP contribution >= 0.6 is 0 Å². The molecule has 1 saturated heterocycles. The number of carbonyl (C=O) groups is 3. The van der Waals surface area contributed by atoms with Gasteiger partial charge in [-0.3, -0.25) is 9.59 Å². The SMILES string of the molecule is CC(=O)c1ccccc1NC(=O)COC(=O)c1cc(S(=O)(=O)N2CCOCC2)ccc1F. The van der Waals surface area contributed by atoms with Crippen LogP contribution in [0.1, 0.15) is 27.6 Å². The molecular formula is C21H21FN2O7S. The number of halogens is 1. The van der Waals surface area contributed by atoms with E-state index in [1.807, 2.05) is 0 Å². The summed E-state index contributed by atoms with van der Waals surface area (Å²) in [5.74, 6) is -3.20. The zero-order valence-corrected chi connectivity index (χ0v) is 18.0. The molecule has 0 aromatic heterocycles. The highest BCUT2D eigenvalue weighted by atomic mass is 32.2. The Kier molecular flexibility index (Phi) is 7.33. The second-order valence-electron chi connectivity index (χ2n) is 6.88. The number of ether oxygens (including phenoxy) is 2. The van der Waals surface area contributed by atoms with E-state index >= 15 is 0 Å². The van der Waals surface area contributed by atoms with E-state index in [4.69, 9.17) is 9.47 Å². The van der Waals surface area contributed by atoms with Crippen molar-refractivity contribution >= 4 is 33.4 Å². The van der Waals surface area contributed by atoms with Crippen LogP contribution in [0.2, 0.25) is 0 Å². The summed E-state index contributed by atoms with van der Waals surface area (Å²) < 4.78 is 50.8. The highest BCUT2D eigenvalue weighted by molar-refractivity contribution is 7.89. The van der Waals surface area contributed by atoms with E-state index in [0.29, 0.717) is 0 Å². The van der Waals surface area contributed by atoms with Crippen molar-refractivity contribution in [1.29, 1.82) is 0 Å². The number of rotatable bonds is 7. The standard InChI is InChI=1S/C21H21FN2O7S/c1-14(25)16-4-2-3-5-19(16)23-20(26)13-31-21(27)17-12-15(6-7-18(17)22)32(28,29)24-8-10-30-11-9-24/h2-7,12H,8-11,13H2,1H3,(H,23,26). The molecule has 1 aliphatic heterocycles. The second-order valence-corrected chi connectivity index (χ2v) is 8.82. The number of amides is 1. The van der Waals surface area contributed by atoms with Gasteiger partial charge >= 0.3 is 5.97 Å². The van der Waals surface area contributed by atoms with Gasteiger partial charge in [0.05, 0.1) is 29.4 Å². The Morgan fingerprint density at radius 3 is 2.47 bits per heavy atom. The number of morpholine rings is 1. The van der Waals surface area contributed by atoms with Gasteiger partial charge in [0.2, 0.25) is 10.0 Å². The molecule has 0 unspecified atom stereocenters. The Bertz CT molecular complexity index is 1140. The lowest BCUT2D eigenvalue weighted by Crippen LogP contribution is -2.40. The molecule has 1 aliphatic rings. The Hall–Kier alpha value is -3.15. The molecule has 0 radical (unpaired) electrons. The van der Waals surface area contributed by atoms with Gasteiger partial charge in [0.1, 0.15) is 5.82 Å². The molecule has 2 aromatic rings. The van der Waals surface area contributed by atoms with Gasteiger partial charge in [0.15, 0.2) is 12.4 Å².